The van der Waals surface area contributed by atoms with Crippen LogP contribution in [0.5, 0.6) is 0 Å². The van der Waals surface area contributed by atoms with Gasteiger partial charge < -0.3 is 9.88 Å². The van der Waals surface area contributed by atoms with Crippen LogP contribution in [0.4, 0.5) is 0 Å². The molecule has 2 rings (SSSR count). The third kappa shape index (κ3) is 3.01. The molecule has 2 heterocycles. The van der Waals surface area contributed by atoms with Gasteiger partial charge >= 0.3 is 0 Å². The average molecular weight is 290 g/mol. The molecule has 0 fully saturated rings. The zero-order valence-electron chi connectivity index (χ0n) is 9.58. The third-order valence-electron chi connectivity index (χ3n) is 2.64. The zero-order valence-corrected chi connectivity index (χ0v) is 11.9. The van der Waals surface area contributed by atoms with Crippen molar-refractivity contribution in [3.63, 3.8) is 0 Å². The van der Waals surface area contributed by atoms with E-state index in [9.17, 15) is 0 Å². The Balaban J connectivity index is 2.00. The zero-order chi connectivity index (χ0) is 12.4. The van der Waals surface area contributed by atoms with Gasteiger partial charge in [0.15, 0.2) is 0 Å². The monoisotopic (exact) mass is 289 g/mol. The summed E-state index contributed by atoms with van der Waals surface area (Å²) in [5, 5.41) is 3.38. The van der Waals surface area contributed by atoms with Gasteiger partial charge in [-0.2, -0.15) is 0 Å². The highest BCUT2D eigenvalue weighted by Gasteiger charge is 2.13. The van der Waals surface area contributed by atoms with E-state index in [-0.39, 0.29) is 6.04 Å². The summed E-state index contributed by atoms with van der Waals surface area (Å²) in [6.07, 6.45) is 3.71. The van der Waals surface area contributed by atoms with Crippen LogP contribution < -0.4 is 5.32 Å². The molecule has 17 heavy (non-hydrogen) atoms. The standard InChI is InChI=1S/C11H13Cl2N3S/c1-7(8-5-9(12)17-11(8)13)15-6-10-14-3-4-16(10)2/h3-5,7,15H,6H2,1-2H3. The third-order valence-corrected chi connectivity index (χ3v) is 4.15. The second-order valence-electron chi connectivity index (χ2n) is 3.84. The lowest BCUT2D eigenvalue weighted by Gasteiger charge is -2.12. The molecule has 2 aromatic rings. The molecule has 1 N–H and O–H groups in total. The molecule has 0 aromatic carbocycles. The molecule has 6 heteroatoms. The number of thiophene rings is 1. The number of imidazole rings is 1. The van der Waals surface area contributed by atoms with E-state index < -0.39 is 0 Å². The van der Waals surface area contributed by atoms with E-state index in [0.717, 1.165) is 20.1 Å². The predicted octanol–water partition coefficient (Wildman–Crippen LogP) is 3.64. The van der Waals surface area contributed by atoms with Crippen molar-refractivity contribution >= 4 is 34.5 Å². The van der Waals surface area contributed by atoms with Crippen molar-refractivity contribution in [1.29, 1.82) is 0 Å². The van der Waals surface area contributed by atoms with Gasteiger partial charge in [-0.25, -0.2) is 4.98 Å². The van der Waals surface area contributed by atoms with Crippen LogP contribution in [0, 0.1) is 0 Å². The Bertz CT molecular complexity index is 507. The van der Waals surface area contributed by atoms with Crippen molar-refractivity contribution in [2.45, 2.75) is 19.5 Å². The summed E-state index contributed by atoms with van der Waals surface area (Å²) >= 11 is 13.4. The highest BCUT2D eigenvalue weighted by Crippen LogP contribution is 2.34. The molecule has 0 radical (unpaired) electrons. The molecule has 92 valence electrons. The van der Waals surface area contributed by atoms with Crippen LogP contribution in [0.1, 0.15) is 24.4 Å². The Morgan fingerprint density at radius 2 is 2.29 bits per heavy atom. The molecule has 0 aliphatic heterocycles. The van der Waals surface area contributed by atoms with Gasteiger partial charge in [-0.1, -0.05) is 23.2 Å². The average Bonchev–Trinajstić information content (AvgIpc) is 2.81. The lowest BCUT2D eigenvalue weighted by molar-refractivity contribution is 0.550. The molecule has 3 nitrogen and oxygen atoms in total. The van der Waals surface area contributed by atoms with Gasteiger partial charge in [-0.05, 0) is 18.6 Å². The largest absolute Gasteiger partial charge is 0.337 e. The Labute approximate surface area is 114 Å². The summed E-state index contributed by atoms with van der Waals surface area (Å²) < 4.78 is 3.45. The van der Waals surface area contributed by atoms with Crippen molar-refractivity contribution in [3.8, 4) is 0 Å². The first-order valence-corrected chi connectivity index (χ1v) is 6.79. The number of nitrogens with one attached hydrogen (secondary N) is 1. The molecule has 1 unspecified atom stereocenters. The SMILES string of the molecule is CC(NCc1nccn1C)c1cc(Cl)sc1Cl. The molecular weight excluding hydrogens is 277 g/mol. The maximum Gasteiger partial charge on any atom is 0.122 e. The Kier molecular flexibility index (Phi) is 4.09. The summed E-state index contributed by atoms with van der Waals surface area (Å²) in [7, 11) is 1.98. The van der Waals surface area contributed by atoms with Crippen LogP contribution in [0.25, 0.3) is 0 Å². The van der Waals surface area contributed by atoms with Gasteiger partial charge in [0.2, 0.25) is 0 Å². The van der Waals surface area contributed by atoms with E-state index >= 15 is 0 Å². The molecule has 0 spiro atoms. The van der Waals surface area contributed by atoms with Gasteiger partial charge in [0.05, 0.1) is 15.2 Å². The van der Waals surface area contributed by atoms with Gasteiger partial charge in [0.1, 0.15) is 5.82 Å². The maximum absolute atomic E-state index is 6.11. The van der Waals surface area contributed by atoms with Crippen molar-refractivity contribution in [2.24, 2.45) is 7.05 Å². The van der Waals surface area contributed by atoms with Gasteiger partial charge in [-0.15, -0.1) is 11.3 Å². The van der Waals surface area contributed by atoms with E-state index in [4.69, 9.17) is 23.2 Å². The quantitative estimate of drug-likeness (QED) is 0.931. The summed E-state index contributed by atoms with van der Waals surface area (Å²) in [5.41, 5.74) is 1.04. The first-order valence-electron chi connectivity index (χ1n) is 5.22. The molecule has 0 saturated heterocycles. The van der Waals surface area contributed by atoms with Crippen LogP contribution in [-0.4, -0.2) is 9.55 Å². The summed E-state index contributed by atoms with van der Waals surface area (Å²) in [4.78, 5) is 4.25. The number of nitrogens with zero attached hydrogens (tertiary/aromatic N) is 2. The van der Waals surface area contributed by atoms with E-state index in [1.807, 2.05) is 23.9 Å². The Hall–Kier alpha value is -0.550. The maximum atomic E-state index is 6.11. The number of rotatable bonds is 4. The fraction of sp³-hybridized carbons (Fsp3) is 0.364. The number of hydrogen-bond donors (Lipinski definition) is 1. The summed E-state index contributed by atoms with van der Waals surface area (Å²) in [5.74, 6) is 0.995. The number of hydrogen-bond acceptors (Lipinski definition) is 3. The second-order valence-corrected chi connectivity index (χ2v) is 6.12. The van der Waals surface area contributed by atoms with Crippen molar-refractivity contribution in [2.75, 3.05) is 0 Å². The first-order chi connectivity index (χ1) is 8.08. The Morgan fingerprint density at radius 3 is 2.82 bits per heavy atom. The van der Waals surface area contributed by atoms with Crippen LogP contribution in [0.2, 0.25) is 8.67 Å². The summed E-state index contributed by atoms with van der Waals surface area (Å²) in [6, 6.07) is 2.06. The molecule has 0 saturated carbocycles. The van der Waals surface area contributed by atoms with E-state index in [2.05, 4.69) is 17.2 Å². The van der Waals surface area contributed by atoms with E-state index in [0.29, 0.717) is 6.54 Å². The molecular formula is C11H13Cl2N3S. The van der Waals surface area contributed by atoms with Gasteiger partial charge in [0, 0.05) is 25.5 Å². The van der Waals surface area contributed by atoms with Crippen molar-refractivity contribution in [1.82, 2.24) is 14.9 Å². The van der Waals surface area contributed by atoms with Crippen LogP contribution in [0.15, 0.2) is 18.5 Å². The summed E-state index contributed by atoms with van der Waals surface area (Å²) in [6.45, 7) is 2.77. The number of aromatic nitrogens is 2. The predicted molar refractivity (Wildman–Crippen MR) is 72.8 cm³/mol. The fourth-order valence-electron chi connectivity index (χ4n) is 1.57. The second kappa shape index (κ2) is 5.40. The smallest absolute Gasteiger partial charge is 0.122 e. The molecule has 0 amide bonds. The normalized spacial score (nSPS) is 12.9. The van der Waals surface area contributed by atoms with E-state index in [1.165, 1.54) is 11.3 Å². The number of aryl methyl sites for hydroxylation is 1. The molecule has 0 bridgehead atoms. The molecule has 1 atom stereocenters. The lowest BCUT2D eigenvalue weighted by Crippen LogP contribution is -2.19. The first kappa shape index (κ1) is 12.9. The highest BCUT2D eigenvalue weighted by atomic mass is 35.5. The van der Waals surface area contributed by atoms with Crippen molar-refractivity contribution < 1.29 is 0 Å². The molecule has 0 aliphatic carbocycles. The van der Waals surface area contributed by atoms with Gasteiger partial charge in [0.25, 0.3) is 0 Å². The fourth-order valence-corrected chi connectivity index (χ4v) is 3.22. The topological polar surface area (TPSA) is 29.9 Å². The van der Waals surface area contributed by atoms with Gasteiger partial charge in [-0.3, -0.25) is 0 Å². The van der Waals surface area contributed by atoms with Crippen LogP contribution >= 0.6 is 34.5 Å². The van der Waals surface area contributed by atoms with Crippen LogP contribution in [0.3, 0.4) is 0 Å². The minimum atomic E-state index is 0.156. The molecule has 2 aromatic heterocycles. The highest BCUT2D eigenvalue weighted by molar-refractivity contribution is 7.20. The molecule has 0 aliphatic rings. The number of halogens is 2. The van der Waals surface area contributed by atoms with E-state index in [1.54, 1.807) is 6.20 Å². The minimum Gasteiger partial charge on any atom is -0.337 e. The van der Waals surface area contributed by atoms with Crippen molar-refractivity contribution in [3.05, 3.63) is 38.5 Å². The van der Waals surface area contributed by atoms with Crippen LogP contribution in [-0.2, 0) is 13.6 Å². The lowest BCUT2D eigenvalue weighted by atomic mass is 10.2. The minimum absolute atomic E-state index is 0.156. The Morgan fingerprint density at radius 1 is 1.53 bits per heavy atom.